The van der Waals surface area contributed by atoms with Crippen LogP contribution in [-0.4, -0.2) is 74.9 Å². The molecule has 0 aliphatic heterocycles. The third-order valence-electron chi connectivity index (χ3n) is 8.72. The van der Waals surface area contributed by atoms with E-state index in [-0.39, 0.29) is 26.1 Å². The molecule has 0 fully saturated rings. The molecule has 0 saturated carbocycles. The largest absolute Gasteiger partial charge is 0.472 e. The summed E-state index contributed by atoms with van der Waals surface area (Å²) in [6.45, 7) is 4.20. The minimum absolute atomic E-state index is 0.0148. The molecule has 0 radical (unpaired) electrons. The molecule has 0 aromatic heterocycles. The van der Waals surface area contributed by atoms with E-state index in [4.69, 9.17) is 18.5 Å². The number of hydrogen-bond acceptors (Lipinski definition) is 7. The first kappa shape index (κ1) is 53.5. The number of likely N-dealkylation sites (N-methyl/N-ethyl adjacent to an activating group) is 1. The lowest BCUT2D eigenvalue weighted by atomic mass is 10.1. The monoisotopic (exact) mass is 807 g/mol. The molecule has 0 aromatic rings. The van der Waals surface area contributed by atoms with Gasteiger partial charge < -0.3 is 18.9 Å². The smallest absolute Gasteiger partial charge is 0.462 e. The number of carbonyl (C=O) groups is 2. The highest BCUT2D eigenvalue weighted by molar-refractivity contribution is 7.47. The maximum Gasteiger partial charge on any atom is 0.472 e. The van der Waals surface area contributed by atoms with E-state index in [0.717, 1.165) is 51.4 Å². The molecular formula is C46H81NO8P+. The molecule has 9 nitrogen and oxygen atoms in total. The summed E-state index contributed by atoms with van der Waals surface area (Å²) in [5, 5.41) is 0. The number of carbonyl (C=O) groups excluding carboxylic acids is 2. The molecule has 10 heteroatoms. The Morgan fingerprint density at radius 3 is 1.59 bits per heavy atom. The van der Waals surface area contributed by atoms with Gasteiger partial charge in [-0.1, -0.05) is 138 Å². The molecule has 0 spiro atoms. The first-order valence-electron chi connectivity index (χ1n) is 21.7. The third-order valence-corrected chi connectivity index (χ3v) is 9.70. The topological polar surface area (TPSA) is 108 Å². The number of phosphoric ester groups is 1. The number of unbranched alkanes of at least 4 members (excludes halogenated alkanes) is 12. The molecule has 0 rings (SSSR count). The van der Waals surface area contributed by atoms with Crippen LogP contribution in [0.3, 0.4) is 0 Å². The number of quaternary nitrogens is 1. The van der Waals surface area contributed by atoms with Crippen LogP contribution in [-0.2, 0) is 32.7 Å². The lowest BCUT2D eigenvalue weighted by Crippen LogP contribution is -2.37. The Bertz CT molecular complexity index is 1180. The summed E-state index contributed by atoms with van der Waals surface area (Å²) in [5.74, 6) is -0.899. The summed E-state index contributed by atoms with van der Waals surface area (Å²) in [6.07, 6.45) is 46.8. The van der Waals surface area contributed by atoms with Gasteiger partial charge in [-0.25, -0.2) is 4.57 Å². The average molecular weight is 807 g/mol. The molecule has 0 aliphatic carbocycles. The maximum atomic E-state index is 12.7. The molecule has 2 atom stereocenters. The van der Waals surface area contributed by atoms with Crippen molar-refractivity contribution in [2.45, 2.75) is 161 Å². The first-order valence-corrected chi connectivity index (χ1v) is 23.2. The van der Waals surface area contributed by atoms with Crippen molar-refractivity contribution in [2.75, 3.05) is 47.5 Å². The van der Waals surface area contributed by atoms with Gasteiger partial charge in [0.15, 0.2) is 6.10 Å². The number of ether oxygens (including phenoxy) is 2. The SMILES string of the molecule is CC/C=C/C/C=C/C/C=C/C/C=C/C/C=C/CCCC(=O)O[C@H](COC(=O)CCCC/C=C/CCCCCCCCCCC)COP(=O)(O)OCC[N+](C)(C)C. The van der Waals surface area contributed by atoms with Crippen LogP contribution in [0.15, 0.2) is 72.9 Å². The van der Waals surface area contributed by atoms with E-state index in [1.165, 1.54) is 57.8 Å². The fourth-order valence-corrected chi connectivity index (χ4v) is 6.08. The Kier molecular flexibility index (Phi) is 36.3. The Morgan fingerprint density at radius 2 is 1.04 bits per heavy atom. The number of hydrogen-bond donors (Lipinski definition) is 1. The summed E-state index contributed by atoms with van der Waals surface area (Å²) in [6, 6.07) is 0. The molecule has 0 heterocycles. The summed E-state index contributed by atoms with van der Waals surface area (Å²) in [5.41, 5.74) is 0. The molecule has 0 saturated heterocycles. The highest BCUT2D eigenvalue weighted by Crippen LogP contribution is 2.43. The van der Waals surface area contributed by atoms with Gasteiger partial charge in [-0.3, -0.25) is 18.6 Å². The predicted molar refractivity (Wildman–Crippen MR) is 233 cm³/mol. The van der Waals surface area contributed by atoms with Gasteiger partial charge in [0.05, 0.1) is 27.7 Å². The van der Waals surface area contributed by atoms with Gasteiger partial charge in [-0.15, -0.1) is 0 Å². The van der Waals surface area contributed by atoms with Gasteiger partial charge in [0.1, 0.15) is 19.8 Å². The lowest BCUT2D eigenvalue weighted by Gasteiger charge is -2.24. The van der Waals surface area contributed by atoms with Gasteiger partial charge in [0.2, 0.25) is 0 Å². The second-order valence-corrected chi connectivity index (χ2v) is 16.8. The highest BCUT2D eigenvalue weighted by Gasteiger charge is 2.27. The van der Waals surface area contributed by atoms with Crippen molar-refractivity contribution in [2.24, 2.45) is 0 Å². The summed E-state index contributed by atoms with van der Waals surface area (Å²) in [4.78, 5) is 35.3. The molecular weight excluding hydrogens is 725 g/mol. The minimum atomic E-state index is -4.40. The molecule has 1 unspecified atom stereocenters. The van der Waals surface area contributed by atoms with E-state index >= 15 is 0 Å². The summed E-state index contributed by atoms with van der Waals surface area (Å²) < 4.78 is 34.2. The number of rotatable bonds is 38. The van der Waals surface area contributed by atoms with Crippen LogP contribution >= 0.6 is 7.82 Å². The number of phosphoric acid groups is 1. The van der Waals surface area contributed by atoms with E-state index in [9.17, 15) is 19.0 Å². The van der Waals surface area contributed by atoms with Crippen LogP contribution in [0.25, 0.3) is 0 Å². The maximum absolute atomic E-state index is 12.7. The van der Waals surface area contributed by atoms with Gasteiger partial charge >= 0.3 is 19.8 Å². The van der Waals surface area contributed by atoms with E-state index in [0.29, 0.717) is 30.3 Å². The Labute approximate surface area is 342 Å². The van der Waals surface area contributed by atoms with Crippen molar-refractivity contribution in [3.63, 3.8) is 0 Å². The van der Waals surface area contributed by atoms with E-state index in [1.54, 1.807) is 0 Å². The van der Waals surface area contributed by atoms with Crippen LogP contribution in [0.1, 0.15) is 155 Å². The van der Waals surface area contributed by atoms with E-state index < -0.39 is 32.5 Å². The fourth-order valence-electron chi connectivity index (χ4n) is 5.34. The molecule has 1 N–H and O–H groups in total. The van der Waals surface area contributed by atoms with E-state index in [2.05, 4.69) is 80.7 Å². The van der Waals surface area contributed by atoms with Crippen molar-refractivity contribution in [3.8, 4) is 0 Å². The standard InChI is InChI=1S/C46H80NO8P/c1-6-8-10-12-14-16-18-20-22-23-25-27-29-31-33-35-37-39-46(49)55-44(43-54-56(50,51)53-41-40-47(3,4)5)42-52-45(48)38-36-34-32-30-28-26-24-21-19-17-15-13-11-9-7-2/h8,10,14,16,20,22,25,27-28,30-31,33,44H,6-7,9,11-13,15,17-19,21,23-24,26,29,32,34-43H2,1-5H3/p+1/b10-8+,16-14+,22-20+,27-25+,30-28+,33-31+/t44-/m1/s1. The second-order valence-electron chi connectivity index (χ2n) is 15.3. The average Bonchev–Trinajstić information content (AvgIpc) is 3.15. The fraction of sp³-hybridized carbons (Fsp3) is 0.696. The minimum Gasteiger partial charge on any atom is -0.462 e. The highest BCUT2D eigenvalue weighted by atomic mass is 31.2. The van der Waals surface area contributed by atoms with Crippen molar-refractivity contribution < 1.29 is 42.1 Å². The molecule has 0 aliphatic rings. The number of allylic oxidation sites excluding steroid dienone is 12. The Morgan fingerprint density at radius 1 is 0.571 bits per heavy atom. The first-order chi connectivity index (χ1) is 27.0. The van der Waals surface area contributed by atoms with Crippen LogP contribution in [0, 0.1) is 0 Å². The van der Waals surface area contributed by atoms with Crippen LogP contribution < -0.4 is 0 Å². The van der Waals surface area contributed by atoms with Crippen LogP contribution in [0.5, 0.6) is 0 Å². The predicted octanol–water partition coefficient (Wildman–Crippen LogP) is 12.2. The second kappa shape index (κ2) is 38.0. The van der Waals surface area contributed by atoms with Gasteiger partial charge in [-0.2, -0.15) is 0 Å². The van der Waals surface area contributed by atoms with Crippen molar-refractivity contribution in [1.29, 1.82) is 0 Å². The molecule has 322 valence electrons. The number of nitrogens with zero attached hydrogens (tertiary/aromatic N) is 1. The van der Waals surface area contributed by atoms with E-state index in [1.807, 2.05) is 27.2 Å². The zero-order chi connectivity index (χ0) is 41.4. The summed E-state index contributed by atoms with van der Waals surface area (Å²) in [7, 11) is 1.42. The molecule has 0 bridgehead atoms. The molecule has 0 amide bonds. The summed E-state index contributed by atoms with van der Waals surface area (Å²) >= 11 is 0. The zero-order valence-electron chi connectivity index (χ0n) is 36.1. The van der Waals surface area contributed by atoms with Gasteiger partial charge in [0.25, 0.3) is 0 Å². The van der Waals surface area contributed by atoms with Gasteiger partial charge in [-0.05, 0) is 77.0 Å². The molecule has 0 aromatic carbocycles. The van der Waals surface area contributed by atoms with Gasteiger partial charge in [0, 0.05) is 12.8 Å². The Hall–Kier alpha value is -2.55. The van der Waals surface area contributed by atoms with Crippen LogP contribution in [0.4, 0.5) is 0 Å². The Balaban J connectivity index is 4.52. The number of esters is 2. The quantitative estimate of drug-likeness (QED) is 0.0216. The van der Waals surface area contributed by atoms with Crippen LogP contribution in [0.2, 0.25) is 0 Å². The van der Waals surface area contributed by atoms with Crippen molar-refractivity contribution >= 4 is 19.8 Å². The lowest BCUT2D eigenvalue weighted by molar-refractivity contribution is -0.870. The molecule has 56 heavy (non-hydrogen) atoms. The van der Waals surface area contributed by atoms with Crippen molar-refractivity contribution in [1.82, 2.24) is 0 Å². The van der Waals surface area contributed by atoms with Crippen molar-refractivity contribution in [3.05, 3.63) is 72.9 Å². The zero-order valence-corrected chi connectivity index (χ0v) is 37.0. The third kappa shape index (κ3) is 41.1. The normalized spacial score (nSPS) is 14.3.